The lowest BCUT2D eigenvalue weighted by Gasteiger charge is -2.12. The van der Waals surface area contributed by atoms with Crippen LogP contribution in [0.3, 0.4) is 0 Å². The SMILES string of the molecule is CC(C)CCOc1cc2c(cc1CN)OCO2. The molecule has 0 radical (unpaired) electrons. The molecule has 4 nitrogen and oxygen atoms in total. The minimum atomic E-state index is 0.273. The van der Waals surface area contributed by atoms with Gasteiger partial charge in [0.2, 0.25) is 6.79 Å². The van der Waals surface area contributed by atoms with Gasteiger partial charge in [0, 0.05) is 18.2 Å². The zero-order valence-electron chi connectivity index (χ0n) is 10.4. The van der Waals surface area contributed by atoms with Gasteiger partial charge in [0.1, 0.15) is 5.75 Å². The average Bonchev–Trinajstić information content (AvgIpc) is 2.74. The molecule has 94 valence electrons. The Morgan fingerprint density at radius 2 is 2.00 bits per heavy atom. The molecule has 2 rings (SSSR count). The van der Waals surface area contributed by atoms with Crippen molar-refractivity contribution < 1.29 is 14.2 Å². The van der Waals surface area contributed by atoms with Crippen molar-refractivity contribution in [2.75, 3.05) is 13.4 Å². The van der Waals surface area contributed by atoms with Crippen molar-refractivity contribution in [3.8, 4) is 17.2 Å². The number of hydrogen-bond donors (Lipinski definition) is 1. The topological polar surface area (TPSA) is 53.7 Å². The standard InChI is InChI=1S/C13H19NO3/c1-9(2)3-4-15-11-6-13-12(16-8-17-13)5-10(11)7-14/h5-6,9H,3-4,7-8,14H2,1-2H3. The second-order valence-electron chi connectivity index (χ2n) is 4.55. The zero-order valence-corrected chi connectivity index (χ0v) is 10.4. The molecule has 1 aromatic carbocycles. The summed E-state index contributed by atoms with van der Waals surface area (Å²) in [5, 5.41) is 0. The van der Waals surface area contributed by atoms with Crippen LogP contribution in [0.1, 0.15) is 25.8 Å². The van der Waals surface area contributed by atoms with Crippen LogP contribution in [0.25, 0.3) is 0 Å². The van der Waals surface area contributed by atoms with E-state index in [0.29, 0.717) is 19.1 Å². The molecule has 4 heteroatoms. The minimum Gasteiger partial charge on any atom is -0.493 e. The monoisotopic (exact) mass is 237 g/mol. The Balaban J connectivity index is 2.09. The van der Waals surface area contributed by atoms with E-state index in [1.807, 2.05) is 12.1 Å². The lowest BCUT2D eigenvalue weighted by molar-refractivity contribution is 0.173. The summed E-state index contributed by atoms with van der Waals surface area (Å²) in [5.74, 6) is 2.92. The number of hydrogen-bond acceptors (Lipinski definition) is 4. The molecule has 0 aliphatic carbocycles. The smallest absolute Gasteiger partial charge is 0.231 e. The molecular weight excluding hydrogens is 218 g/mol. The second kappa shape index (κ2) is 5.27. The number of nitrogens with two attached hydrogens (primary N) is 1. The molecule has 1 aliphatic rings. The molecule has 0 spiro atoms. The van der Waals surface area contributed by atoms with Crippen molar-refractivity contribution >= 4 is 0 Å². The van der Waals surface area contributed by atoms with E-state index in [9.17, 15) is 0 Å². The van der Waals surface area contributed by atoms with Crippen LogP contribution in [-0.2, 0) is 6.54 Å². The van der Waals surface area contributed by atoms with Gasteiger partial charge < -0.3 is 19.9 Å². The predicted molar refractivity (Wildman–Crippen MR) is 65.4 cm³/mol. The van der Waals surface area contributed by atoms with Gasteiger partial charge in [-0.1, -0.05) is 13.8 Å². The maximum Gasteiger partial charge on any atom is 0.231 e. The Kier molecular flexibility index (Phi) is 3.74. The number of ether oxygens (including phenoxy) is 3. The highest BCUT2D eigenvalue weighted by Crippen LogP contribution is 2.38. The zero-order chi connectivity index (χ0) is 12.3. The molecule has 2 N–H and O–H groups in total. The number of rotatable bonds is 5. The highest BCUT2D eigenvalue weighted by atomic mass is 16.7. The van der Waals surface area contributed by atoms with Gasteiger partial charge in [-0.05, 0) is 18.4 Å². The van der Waals surface area contributed by atoms with Crippen LogP contribution in [0.4, 0.5) is 0 Å². The van der Waals surface area contributed by atoms with Crippen molar-refractivity contribution in [1.29, 1.82) is 0 Å². The summed E-state index contributed by atoms with van der Waals surface area (Å²) in [6.45, 7) is 5.76. The summed E-state index contributed by atoms with van der Waals surface area (Å²) in [7, 11) is 0. The Bertz CT molecular complexity index is 390. The quantitative estimate of drug-likeness (QED) is 0.853. The summed E-state index contributed by atoms with van der Waals surface area (Å²) < 4.78 is 16.4. The van der Waals surface area contributed by atoms with Crippen LogP contribution < -0.4 is 19.9 Å². The Hall–Kier alpha value is -1.42. The van der Waals surface area contributed by atoms with Gasteiger partial charge in [0.15, 0.2) is 11.5 Å². The molecule has 0 unspecified atom stereocenters. The normalized spacial score (nSPS) is 13.2. The van der Waals surface area contributed by atoms with Crippen LogP contribution in [0, 0.1) is 5.92 Å². The first-order chi connectivity index (χ1) is 8.20. The van der Waals surface area contributed by atoms with Gasteiger partial charge in [-0.15, -0.1) is 0 Å². The lowest BCUT2D eigenvalue weighted by atomic mass is 10.1. The largest absolute Gasteiger partial charge is 0.493 e. The molecule has 0 amide bonds. The summed E-state index contributed by atoms with van der Waals surface area (Å²) >= 11 is 0. The molecule has 1 aromatic rings. The Morgan fingerprint density at radius 1 is 1.29 bits per heavy atom. The Labute approximate surface area is 102 Å². The molecule has 0 saturated heterocycles. The molecule has 0 aromatic heterocycles. The summed E-state index contributed by atoms with van der Waals surface area (Å²) in [4.78, 5) is 0. The van der Waals surface area contributed by atoms with Crippen LogP contribution >= 0.6 is 0 Å². The van der Waals surface area contributed by atoms with Gasteiger partial charge in [0.05, 0.1) is 6.61 Å². The average molecular weight is 237 g/mol. The molecule has 1 aliphatic heterocycles. The molecule has 0 bridgehead atoms. The highest BCUT2D eigenvalue weighted by molar-refractivity contribution is 5.51. The third-order valence-electron chi connectivity index (χ3n) is 2.73. The van der Waals surface area contributed by atoms with Crippen LogP contribution in [0.2, 0.25) is 0 Å². The first kappa shape index (κ1) is 12.0. The predicted octanol–water partition coefficient (Wildman–Crippen LogP) is 2.30. The van der Waals surface area contributed by atoms with E-state index in [1.54, 1.807) is 0 Å². The van der Waals surface area contributed by atoms with Gasteiger partial charge in [-0.2, -0.15) is 0 Å². The fourth-order valence-electron chi connectivity index (χ4n) is 1.66. The number of fused-ring (bicyclic) bond motifs is 1. The van der Waals surface area contributed by atoms with E-state index in [-0.39, 0.29) is 6.79 Å². The highest BCUT2D eigenvalue weighted by Gasteiger charge is 2.17. The van der Waals surface area contributed by atoms with E-state index in [2.05, 4.69) is 13.8 Å². The van der Waals surface area contributed by atoms with E-state index in [0.717, 1.165) is 29.2 Å². The van der Waals surface area contributed by atoms with E-state index in [4.69, 9.17) is 19.9 Å². The lowest BCUT2D eigenvalue weighted by Crippen LogP contribution is -2.05. The van der Waals surface area contributed by atoms with Gasteiger partial charge in [0.25, 0.3) is 0 Å². The molecule has 0 atom stereocenters. The molecular formula is C13H19NO3. The van der Waals surface area contributed by atoms with Crippen LogP contribution in [0.5, 0.6) is 17.2 Å². The molecule has 0 saturated carbocycles. The van der Waals surface area contributed by atoms with Gasteiger partial charge >= 0.3 is 0 Å². The van der Waals surface area contributed by atoms with Crippen molar-refractivity contribution in [3.05, 3.63) is 17.7 Å². The van der Waals surface area contributed by atoms with Gasteiger partial charge in [-0.25, -0.2) is 0 Å². The maximum atomic E-state index is 5.75. The van der Waals surface area contributed by atoms with Crippen LogP contribution in [0.15, 0.2) is 12.1 Å². The maximum absolute atomic E-state index is 5.75. The second-order valence-corrected chi connectivity index (χ2v) is 4.55. The first-order valence-electron chi connectivity index (χ1n) is 5.96. The summed E-state index contributed by atoms with van der Waals surface area (Å²) in [6.07, 6.45) is 1.03. The van der Waals surface area contributed by atoms with E-state index in [1.165, 1.54) is 0 Å². The summed E-state index contributed by atoms with van der Waals surface area (Å²) in [6, 6.07) is 3.76. The fourth-order valence-corrected chi connectivity index (χ4v) is 1.66. The van der Waals surface area contributed by atoms with Crippen molar-refractivity contribution in [1.82, 2.24) is 0 Å². The van der Waals surface area contributed by atoms with E-state index >= 15 is 0 Å². The molecule has 17 heavy (non-hydrogen) atoms. The molecule has 0 fully saturated rings. The number of benzene rings is 1. The van der Waals surface area contributed by atoms with Gasteiger partial charge in [-0.3, -0.25) is 0 Å². The van der Waals surface area contributed by atoms with E-state index < -0.39 is 0 Å². The van der Waals surface area contributed by atoms with Crippen molar-refractivity contribution in [2.45, 2.75) is 26.8 Å². The van der Waals surface area contributed by atoms with Crippen molar-refractivity contribution in [3.63, 3.8) is 0 Å². The first-order valence-corrected chi connectivity index (χ1v) is 5.96. The van der Waals surface area contributed by atoms with Crippen LogP contribution in [-0.4, -0.2) is 13.4 Å². The Morgan fingerprint density at radius 3 is 2.65 bits per heavy atom. The fraction of sp³-hybridized carbons (Fsp3) is 0.538. The molecule has 1 heterocycles. The third kappa shape index (κ3) is 2.82. The third-order valence-corrected chi connectivity index (χ3v) is 2.73. The minimum absolute atomic E-state index is 0.273. The van der Waals surface area contributed by atoms with Crippen molar-refractivity contribution in [2.24, 2.45) is 11.7 Å². The summed E-state index contributed by atoms with van der Waals surface area (Å²) in [5.41, 5.74) is 6.66.